The minimum Gasteiger partial charge on any atom is -0.497 e. The van der Waals surface area contributed by atoms with Gasteiger partial charge in [-0.05, 0) is 42.6 Å². The maximum Gasteiger partial charge on any atom is 0.306 e. The summed E-state index contributed by atoms with van der Waals surface area (Å²) in [5, 5.41) is 16.0. The van der Waals surface area contributed by atoms with Crippen LogP contribution < -0.4 is 10.1 Å². The van der Waals surface area contributed by atoms with Gasteiger partial charge in [-0.25, -0.2) is 0 Å². The number of benzene rings is 1. The van der Waals surface area contributed by atoms with Crippen LogP contribution in [-0.4, -0.2) is 33.7 Å². The summed E-state index contributed by atoms with van der Waals surface area (Å²) in [7, 11) is 1.53. The van der Waals surface area contributed by atoms with E-state index >= 15 is 0 Å². The van der Waals surface area contributed by atoms with Crippen LogP contribution in [0.15, 0.2) is 24.3 Å². The zero-order valence-corrected chi connectivity index (χ0v) is 14.5. The number of amides is 1. The Kier molecular flexibility index (Phi) is 5.50. The molecule has 0 aliphatic heterocycles. The molecule has 7 nitrogen and oxygen atoms in total. The number of nitrogens with one attached hydrogen (secondary N) is 1. The number of ether oxygens (including phenoxy) is 1. The van der Waals surface area contributed by atoms with Crippen molar-refractivity contribution < 1.29 is 19.4 Å². The first-order valence-electron chi connectivity index (χ1n) is 7.39. The van der Waals surface area contributed by atoms with Gasteiger partial charge in [0.05, 0.1) is 24.8 Å². The average Bonchev–Trinajstić information content (AvgIpc) is 3.03. The number of methoxy groups -OCH3 is 1. The molecule has 2 rings (SSSR count). The van der Waals surface area contributed by atoms with Crippen LogP contribution in [0.25, 0.3) is 0 Å². The fourth-order valence-corrected chi connectivity index (χ4v) is 3.05. The number of aromatic nitrogens is 2. The molecule has 128 valence electrons. The lowest BCUT2D eigenvalue weighted by atomic mass is 9.88. The molecule has 1 aromatic carbocycles. The summed E-state index contributed by atoms with van der Waals surface area (Å²) in [5.74, 6) is -0.806. The Morgan fingerprint density at radius 3 is 2.79 bits per heavy atom. The summed E-state index contributed by atoms with van der Waals surface area (Å²) in [4.78, 5) is 24.3. The van der Waals surface area contributed by atoms with E-state index in [1.165, 1.54) is 7.11 Å². The maximum atomic E-state index is 12.6. The van der Waals surface area contributed by atoms with Crippen LogP contribution in [0.3, 0.4) is 0 Å². The van der Waals surface area contributed by atoms with Gasteiger partial charge in [0.15, 0.2) is 0 Å². The van der Waals surface area contributed by atoms with Gasteiger partial charge in [0.25, 0.3) is 5.91 Å². The number of carbonyl (C=O) groups excluding carboxylic acids is 1. The third-order valence-corrected chi connectivity index (χ3v) is 4.46. The van der Waals surface area contributed by atoms with Gasteiger partial charge in [0.2, 0.25) is 0 Å². The first kappa shape index (κ1) is 17.9. The molecule has 0 radical (unpaired) electrons. The molecule has 2 N–H and O–H groups in total. The Morgan fingerprint density at radius 2 is 2.17 bits per heavy atom. The van der Waals surface area contributed by atoms with Crippen LogP contribution in [-0.2, 0) is 16.8 Å². The number of carbonyl (C=O) groups is 2. The van der Waals surface area contributed by atoms with Crippen molar-refractivity contribution in [2.45, 2.75) is 32.2 Å². The van der Waals surface area contributed by atoms with Crippen LogP contribution in [0.2, 0.25) is 0 Å². The van der Waals surface area contributed by atoms with E-state index in [2.05, 4.69) is 14.9 Å². The van der Waals surface area contributed by atoms with Gasteiger partial charge in [-0.15, -0.1) is 5.10 Å². The zero-order valence-electron chi connectivity index (χ0n) is 13.7. The highest BCUT2D eigenvalue weighted by atomic mass is 32.1. The predicted octanol–water partition coefficient (Wildman–Crippen LogP) is 2.23. The van der Waals surface area contributed by atoms with Crippen molar-refractivity contribution in [3.8, 4) is 5.75 Å². The average molecular weight is 349 g/mol. The number of rotatable bonds is 7. The molecule has 1 unspecified atom stereocenters. The number of hydrogen-bond donors (Lipinski definition) is 2. The van der Waals surface area contributed by atoms with Crippen molar-refractivity contribution in [2.75, 3.05) is 7.11 Å². The summed E-state index contributed by atoms with van der Waals surface area (Å²) in [6.45, 7) is 3.56. The summed E-state index contributed by atoms with van der Waals surface area (Å²) < 4.78 is 8.99. The molecule has 2 aromatic rings. The van der Waals surface area contributed by atoms with E-state index in [1.807, 2.05) is 6.92 Å². The molecule has 1 aromatic heterocycles. The van der Waals surface area contributed by atoms with Crippen LogP contribution >= 0.6 is 11.5 Å². The molecule has 8 heteroatoms. The highest BCUT2D eigenvalue weighted by Crippen LogP contribution is 2.28. The number of aliphatic carboxylic acids is 1. The first-order chi connectivity index (χ1) is 11.4. The van der Waals surface area contributed by atoms with E-state index in [9.17, 15) is 14.7 Å². The zero-order chi connectivity index (χ0) is 17.7. The fraction of sp³-hybridized carbons (Fsp3) is 0.375. The lowest BCUT2D eigenvalue weighted by Gasteiger charge is -2.30. The van der Waals surface area contributed by atoms with Crippen molar-refractivity contribution in [2.24, 2.45) is 0 Å². The van der Waals surface area contributed by atoms with Gasteiger partial charge >= 0.3 is 5.97 Å². The number of nitrogens with zero attached hydrogens (tertiary/aromatic N) is 2. The Hall–Kier alpha value is -2.48. The minimum atomic E-state index is -1.09. The lowest BCUT2D eigenvalue weighted by Crippen LogP contribution is -2.45. The van der Waals surface area contributed by atoms with Gasteiger partial charge in [-0.3, -0.25) is 9.59 Å². The predicted molar refractivity (Wildman–Crippen MR) is 89.4 cm³/mol. The number of aryl methyl sites for hydroxylation is 1. The van der Waals surface area contributed by atoms with E-state index in [4.69, 9.17) is 4.74 Å². The largest absolute Gasteiger partial charge is 0.497 e. The van der Waals surface area contributed by atoms with Crippen molar-refractivity contribution in [3.63, 3.8) is 0 Å². The second-order valence-corrected chi connectivity index (χ2v) is 6.25. The van der Waals surface area contributed by atoms with Gasteiger partial charge in [0, 0.05) is 0 Å². The van der Waals surface area contributed by atoms with E-state index < -0.39 is 11.5 Å². The molecule has 1 heterocycles. The highest BCUT2D eigenvalue weighted by molar-refractivity contribution is 7.08. The summed E-state index contributed by atoms with van der Waals surface area (Å²) in [6, 6.07) is 6.99. The Balaban J connectivity index is 2.36. The SMILES string of the molecule is CCc1nnsc1C(=O)NC(C)(CC(=O)O)c1cccc(OC)c1. The van der Waals surface area contributed by atoms with Crippen molar-refractivity contribution in [1.29, 1.82) is 0 Å². The molecule has 0 spiro atoms. The Bertz CT molecular complexity index is 746. The quantitative estimate of drug-likeness (QED) is 0.795. The monoisotopic (exact) mass is 349 g/mol. The molecular formula is C16H19N3O4S. The van der Waals surface area contributed by atoms with Crippen LogP contribution in [0.5, 0.6) is 5.75 Å². The first-order valence-corrected chi connectivity index (χ1v) is 8.17. The molecule has 0 saturated heterocycles. The van der Waals surface area contributed by atoms with Crippen molar-refractivity contribution in [3.05, 3.63) is 40.4 Å². The Labute approximate surface area is 143 Å². The smallest absolute Gasteiger partial charge is 0.306 e. The van der Waals surface area contributed by atoms with Crippen LogP contribution in [0.4, 0.5) is 0 Å². The molecular weight excluding hydrogens is 330 g/mol. The summed E-state index contributed by atoms with van der Waals surface area (Å²) >= 11 is 0.999. The molecule has 0 bridgehead atoms. The lowest BCUT2D eigenvalue weighted by molar-refractivity contribution is -0.138. The van der Waals surface area contributed by atoms with Crippen molar-refractivity contribution >= 4 is 23.4 Å². The fourth-order valence-electron chi connectivity index (χ4n) is 2.41. The molecule has 0 fully saturated rings. The Morgan fingerprint density at radius 1 is 1.42 bits per heavy atom. The van der Waals surface area contributed by atoms with Crippen LogP contribution in [0.1, 0.15) is 41.2 Å². The third kappa shape index (κ3) is 3.88. The molecule has 24 heavy (non-hydrogen) atoms. The van der Waals surface area contributed by atoms with Gasteiger partial charge in [-0.2, -0.15) is 0 Å². The number of hydrogen-bond acceptors (Lipinski definition) is 6. The van der Waals surface area contributed by atoms with Crippen molar-refractivity contribution in [1.82, 2.24) is 14.9 Å². The number of carboxylic acids is 1. The maximum absolute atomic E-state index is 12.6. The number of carboxylic acid groups (broad SMARTS) is 1. The molecule has 1 atom stereocenters. The third-order valence-electron chi connectivity index (χ3n) is 3.70. The summed E-state index contributed by atoms with van der Waals surface area (Å²) in [5.41, 5.74) is 0.154. The van der Waals surface area contributed by atoms with E-state index in [-0.39, 0.29) is 12.3 Å². The van der Waals surface area contributed by atoms with Gasteiger partial charge in [-0.1, -0.05) is 23.5 Å². The van der Waals surface area contributed by atoms with E-state index in [1.54, 1.807) is 31.2 Å². The molecule has 0 aliphatic carbocycles. The second kappa shape index (κ2) is 7.39. The second-order valence-electron chi connectivity index (χ2n) is 5.49. The van der Waals surface area contributed by atoms with Crippen LogP contribution in [0, 0.1) is 0 Å². The molecule has 0 aliphatic rings. The van der Waals surface area contributed by atoms with E-state index in [0.717, 1.165) is 11.5 Å². The molecule has 1 amide bonds. The standard InChI is InChI=1S/C16H19N3O4S/c1-4-12-14(24-19-18-12)15(22)17-16(2,9-13(20)21)10-6-5-7-11(8-10)23-3/h5-8H,4,9H2,1-3H3,(H,17,22)(H,20,21). The van der Waals surface area contributed by atoms with E-state index in [0.29, 0.717) is 28.3 Å². The minimum absolute atomic E-state index is 0.264. The summed E-state index contributed by atoms with van der Waals surface area (Å²) in [6.07, 6.45) is 0.313. The normalized spacial score (nSPS) is 13.1. The topological polar surface area (TPSA) is 101 Å². The highest BCUT2D eigenvalue weighted by Gasteiger charge is 2.33. The molecule has 0 saturated carbocycles. The van der Waals surface area contributed by atoms with Gasteiger partial charge < -0.3 is 15.2 Å². The van der Waals surface area contributed by atoms with Gasteiger partial charge in [0.1, 0.15) is 10.6 Å².